The fraction of sp³-hybridized carbons (Fsp3) is 0.391. The number of rotatable bonds is 6. The first-order valence-corrected chi connectivity index (χ1v) is 11.2. The number of fused-ring (bicyclic) bond motifs is 2. The summed E-state index contributed by atoms with van der Waals surface area (Å²) in [6, 6.07) is 5.24. The predicted molar refractivity (Wildman–Crippen MR) is 123 cm³/mol. The van der Waals surface area contributed by atoms with Gasteiger partial charge in [0, 0.05) is 30.7 Å². The van der Waals surface area contributed by atoms with Gasteiger partial charge in [0.25, 0.3) is 5.91 Å². The van der Waals surface area contributed by atoms with Crippen molar-refractivity contribution in [2.45, 2.75) is 44.4 Å². The lowest BCUT2D eigenvalue weighted by molar-refractivity contribution is -0.0497. The average Bonchev–Trinajstić information content (AvgIpc) is 3.39. The molecule has 9 nitrogen and oxygen atoms in total. The van der Waals surface area contributed by atoms with Crippen molar-refractivity contribution in [2.75, 3.05) is 7.05 Å². The Hall–Kier alpha value is -3.60. The van der Waals surface area contributed by atoms with Crippen LogP contribution in [0.25, 0.3) is 33.5 Å². The SMILES string of the molecule is CNC1CCC(NC(=O)c2c[nH]c3ncc(-c4nn(C)c5ccc(OC(F)F)cc45)nc23)CC1. The summed E-state index contributed by atoms with van der Waals surface area (Å²) < 4.78 is 31.6. The van der Waals surface area contributed by atoms with Crippen LogP contribution >= 0.6 is 0 Å². The van der Waals surface area contributed by atoms with Crippen LogP contribution in [0, 0.1) is 0 Å². The molecule has 3 N–H and O–H groups in total. The highest BCUT2D eigenvalue weighted by molar-refractivity contribution is 6.05. The highest BCUT2D eigenvalue weighted by Crippen LogP contribution is 2.31. The number of nitrogens with zero attached hydrogens (tertiary/aromatic N) is 4. The molecule has 3 heterocycles. The number of amides is 1. The number of H-pyrrole nitrogens is 1. The maximum Gasteiger partial charge on any atom is 0.387 e. The topological polar surface area (TPSA) is 110 Å². The Kier molecular flexibility index (Phi) is 5.86. The molecule has 34 heavy (non-hydrogen) atoms. The molecule has 0 aliphatic heterocycles. The van der Waals surface area contributed by atoms with E-state index in [4.69, 9.17) is 0 Å². The summed E-state index contributed by atoms with van der Waals surface area (Å²) >= 11 is 0. The van der Waals surface area contributed by atoms with Gasteiger partial charge in [0.2, 0.25) is 0 Å². The second-order valence-electron chi connectivity index (χ2n) is 8.50. The lowest BCUT2D eigenvalue weighted by Gasteiger charge is -2.28. The summed E-state index contributed by atoms with van der Waals surface area (Å²) in [5.41, 5.74) is 2.93. The highest BCUT2D eigenvalue weighted by Gasteiger charge is 2.24. The van der Waals surface area contributed by atoms with Crippen molar-refractivity contribution < 1.29 is 18.3 Å². The van der Waals surface area contributed by atoms with Crippen LogP contribution in [0.3, 0.4) is 0 Å². The number of carbonyl (C=O) groups excluding carboxylic acids is 1. The first-order chi connectivity index (χ1) is 16.4. The van der Waals surface area contributed by atoms with Crippen LogP contribution in [0.5, 0.6) is 5.75 Å². The number of aryl methyl sites for hydroxylation is 1. The molecule has 0 unspecified atom stereocenters. The molecule has 1 aromatic carbocycles. The number of hydrogen-bond donors (Lipinski definition) is 3. The largest absolute Gasteiger partial charge is 0.435 e. The van der Waals surface area contributed by atoms with Crippen molar-refractivity contribution in [3.8, 4) is 17.1 Å². The van der Waals surface area contributed by atoms with E-state index in [1.54, 1.807) is 30.2 Å². The van der Waals surface area contributed by atoms with Gasteiger partial charge in [-0.25, -0.2) is 9.97 Å². The van der Waals surface area contributed by atoms with Crippen LogP contribution in [0.1, 0.15) is 36.0 Å². The third-order valence-electron chi connectivity index (χ3n) is 6.39. The van der Waals surface area contributed by atoms with Gasteiger partial charge >= 0.3 is 6.61 Å². The van der Waals surface area contributed by atoms with Crippen molar-refractivity contribution in [3.63, 3.8) is 0 Å². The van der Waals surface area contributed by atoms with Gasteiger partial charge in [-0.15, -0.1) is 0 Å². The molecule has 1 saturated carbocycles. The highest BCUT2D eigenvalue weighted by atomic mass is 19.3. The van der Waals surface area contributed by atoms with E-state index in [0.717, 1.165) is 31.2 Å². The zero-order valence-corrected chi connectivity index (χ0v) is 18.8. The van der Waals surface area contributed by atoms with Crippen LogP contribution in [-0.2, 0) is 7.05 Å². The first-order valence-electron chi connectivity index (χ1n) is 11.2. The molecule has 1 amide bonds. The molecule has 1 fully saturated rings. The minimum Gasteiger partial charge on any atom is -0.435 e. The van der Waals surface area contributed by atoms with Crippen molar-refractivity contribution in [1.29, 1.82) is 0 Å². The minimum atomic E-state index is -2.93. The lowest BCUT2D eigenvalue weighted by atomic mass is 9.91. The molecule has 0 radical (unpaired) electrons. The van der Waals surface area contributed by atoms with Crippen LogP contribution in [-0.4, -0.2) is 56.4 Å². The Morgan fingerprint density at radius 2 is 2.00 bits per heavy atom. The predicted octanol–water partition coefficient (Wildman–Crippen LogP) is 3.37. The van der Waals surface area contributed by atoms with Gasteiger partial charge in [0.05, 0.1) is 17.3 Å². The van der Waals surface area contributed by atoms with Gasteiger partial charge < -0.3 is 20.4 Å². The summed E-state index contributed by atoms with van der Waals surface area (Å²) in [6.07, 6.45) is 7.02. The molecule has 178 valence electrons. The summed E-state index contributed by atoms with van der Waals surface area (Å²) in [7, 11) is 3.71. The fourth-order valence-corrected chi connectivity index (χ4v) is 4.58. The van der Waals surface area contributed by atoms with Gasteiger partial charge in [-0.3, -0.25) is 9.48 Å². The number of carbonyl (C=O) groups is 1. The minimum absolute atomic E-state index is 0.0282. The monoisotopic (exact) mass is 469 g/mol. The Bertz CT molecular complexity index is 1340. The Balaban J connectivity index is 1.46. The molecule has 4 aromatic rings. The summed E-state index contributed by atoms with van der Waals surface area (Å²) in [4.78, 5) is 25.1. The van der Waals surface area contributed by atoms with Crippen LogP contribution in [0.4, 0.5) is 8.78 Å². The fourth-order valence-electron chi connectivity index (χ4n) is 4.58. The van der Waals surface area contributed by atoms with E-state index in [0.29, 0.717) is 39.5 Å². The first kappa shape index (κ1) is 22.2. The molecule has 0 atom stereocenters. The number of aromatic amines is 1. The van der Waals surface area contributed by atoms with Crippen molar-refractivity contribution in [2.24, 2.45) is 7.05 Å². The maximum atomic E-state index is 13.0. The normalized spacial score (nSPS) is 18.6. The van der Waals surface area contributed by atoms with E-state index in [1.165, 1.54) is 12.1 Å². The van der Waals surface area contributed by atoms with Gasteiger partial charge in [-0.05, 0) is 50.9 Å². The average molecular weight is 469 g/mol. The second kappa shape index (κ2) is 8.98. The van der Waals surface area contributed by atoms with E-state index in [-0.39, 0.29) is 17.7 Å². The van der Waals surface area contributed by atoms with E-state index in [1.807, 2.05) is 7.05 Å². The third-order valence-corrected chi connectivity index (χ3v) is 6.39. The molecular weight excluding hydrogens is 444 g/mol. The maximum absolute atomic E-state index is 13.0. The van der Waals surface area contributed by atoms with E-state index < -0.39 is 6.61 Å². The molecule has 0 saturated heterocycles. The molecule has 11 heteroatoms. The summed E-state index contributed by atoms with van der Waals surface area (Å²) in [5.74, 6) is -0.176. The third kappa shape index (κ3) is 4.18. The number of nitrogens with one attached hydrogen (secondary N) is 3. The smallest absolute Gasteiger partial charge is 0.387 e. The van der Waals surface area contributed by atoms with Gasteiger partial charge in [-0.2, -0.15) is 13.9 Å². The Morgan fingerprint density at radius 1 is 1.24 bits per heavy atom. The lowest BCUT2D eigenvalue weighted by Crippen LogP contribution is -2.41. The number of benzene rings is 1. The number of ether oxygens (including phenoxy) is 1. The van der Waals surface area contributed by atoms with Crippen LogP contribution in [0.2, 0.25) is 0 Å². The Labute approximate surface area is 193 Å². The van der Waals surface area contributed by atoms with E-state index >= 15 is 0 Å². The number of hydrogen-bond acceptors (Lipinski definition) is 6. The zero-order chi connectivity index (χ0) is 23.8. The second-order valence-corrected chi connectivity index (χ2v) is 8.50. The molecule has 3 aromatic heterocycles. The Morgan fingerprint density at radius 3 is 2.74 bits per heavy atom. The van der Waals surface area contributed by atoms with Gasteiger partial charge in [-0.1, -0.05) is 0 Å². The molecular formula is C23H25F2N7O2. The zero-order valence-electron chi connectivity index (χ0n) is 18.8. The number of aromatic nitrogens is 5. The number of alkyl halides is 2. The van der Waals surface area contributed by atoms with Crippen molar-refractivity contribution in [1.82, 2.24) is 35.4 Å². The van der Waals surface area contributed by atoms with Crippen molar-refractivity contribution >= 4 is 28.0 Å². The van der Waals surface area contributed by atoms with Crippen LogP contribution < -0.4 is 15.4 Å². The van der Waals surface area contributed by atoms with E-state index in [9.17, 15) is 13.6 Å². The van der Waals surface area contributed by atoms with Gasteiger partial charge in [0.15, 0.2) is 5.65 Å². The number of halogens is 2. The van der Waals surface area contributed by atoms with E-state index in [2.05, 4.69) is 35.4 Å². The molecule has 1 aliphatic rings. The summed E-state index contributed by atoms with van der Waals surface area (Å²) in [5, 5.41) is 11.5. The standard InChI is InChI=1S/C23H25F2N7O2/c1-26-12-3-5-13(6-4-12)29-22(33)16-10-27-21-20(16)30-17(11-28-21)19-15-9-14(34-23(24)25)7-8-18(15)32(2)31-19/h7-13,23,26H,3-6H2,1-2H3,(H,27,28)(H,29,33). The van der Waals surface area contributed by atoms with Gasteiger partial charge in [0.1, 0.15) is 22.7 Å². The molecule has 0 spiro atoms. The molecule has 5 rings (SSSR count). The summed E-state index contributed by atoms with van der Waals surface area (Å²) in [6.45, 7) is -2.93. The molecule has 0 bridgehead atoms. The van der Waals surface area contributed by atoms with Crippen LogP contribution in [0.15, 0.2) is 30.6 Å². The quantitative estimate of drug-likeness (QED) is 0.400. The van der Waals surface area contributed by atoms with Crippen molar-refractivity contribution in [3.05, 3.63) is 36.2 Å². The molecule has 1 aliphatic carbocycles.